The minimum absolute atomic E-state index is 0.274. The van der Waals surface area contributed by atoms with Crippen LogP contribution in [0, 0.1) is 5.82 Å². The first-order chi connectivity index (χ1) is 10.2. The van der Waals surface area contributed by atoms with E-state index in [9.17, 15) is 4.39 Å². The maximum Gasteiger partial charge on any atom is 0.163 e. The molecule has 0 spiro atoms. The molecule has 3 aromatic rings. The first kappa shape index (κ1) is 14.1. The number of hydrogen-bond acceptors (Lipinski definition) is 2. The smallest absolute Gasteiger partial charge is 0.163 e. The second kappa shape index (κ2) is 5.48. The molecule has 0 aliphatic rings. The summed E-state index contributed by atoms with van der Waals surface area (Å²) < 4.78 is 17.3. The molecule has 21 heavy (non-hydrogen) atoms. The Morgan fingerprint density at radius 2 is 2.14 bits per heavy atom. The highest BCUT2D eigenvalue weighted by Crippen LogP contribution is 2.25. The van der Waals surface area contributed by atoms with E-state index in [1.54, 1.807) is 10.7 Å². The molecule has 0 aliphatic carbocycles. The number of aryl methyl sites for hydroxylation is 3. The molecule has 0 N–H and O–H groups in total. The Hall–Kier alpha value is -1.88. The maximum atomic E-state index is 13.6. The molecule has 0 aliphatic heterocycles. The van der Waals surface area contributed by atoms with Gasteiger partial charge in [-0.25, -0.2) is 14.1 Å². The molecule has 0 radical (unpaired) electrons. The fourth-order valence-electron chi connectivity index (χ4n) is 2.60. The molecule has 6 heteroatoms. The number of alkyl halides is 1. The predicted octanol–water partition coefficient (Wildman–Crippen LogP) is 3.24. The van der Waals surface area contributed by atoms with Gasteiger partial charge in [0.25, 0.3) is 0 Å². The van der Waals surface area contributed by atoms with Crippen LogP contribution < -0.4 is 0 Å². The molecule has 2 aromatic heterocycles. The van der Waals surface area contributed by atoms with E-state index < -0.39 is 0 Å². The second-order valence-electron chi connectivity index (χ2n) is 4.88. The summed E-state index contributed by atoms with van der Waals surface area (Å²) in [6, 6.07) is 6.48. The molecule has 0 fully saturated rings. The van der Waals surface area contributed by atoms with E-state index in [1.165, 1.54) is 12.1 Å². The quantitative estimate of drug-likeness (QED) is 0.694. The summed E-state index contributed by atoms with van der Waals surface area (Å²) in [7, 11) is 1.88. The SMILES string of the molecule is CCc1nn(C)c2c1nc(CCCl)n2-c1cccc(F)c1. The molecule has 110 valence electrons. The van der Waals surface area contributed by atoms with Crippen molar-refractivity contribution in [2.24, 2.45) is 7.05 Å². The van der Waals surface area contributed by atoms with Gasteiger partial charge in [0.1, 0.15) is 17.2 Å². The number of fused-ring (bicyclic) bond motifs is 1. The summed E-state index contributed by atoms with van der Waals surface area (Å²) >= 11 is 5.88. The number of nitrogens with zero attached hydrogens (tertiary/aromatic N) is 4. The predicted molar refractivity (Wildman–Crippen MR) is 81.6 cm³/mol. The van der Waals surface area contributed by atoms with Gasteiger partial charge in [0.15, 0.2) is 5.65 Å². The van der Waals surface area contributed by atoms with Gasteiger partial charge in [-0.05, 0) is 24.6 Å². The standard InChI is InChI=1S/C15H16ClFN4/c1-3-12-14-15(20(2)19-12)21(13(18-14)7-8-16)11-6-4-5-10(17)9-11/h4-6,9H,3,7-8H2,1-2H3. The van der Waals surface area contributed by atoms with E-state index in [4.69, 9.17) is 11.6 Å². The summed E-state index contributed by atoms with van der Waals surface area (Å²) in [5.41, 5.74) is 3.42. The van der Waals surface area contributed by atoms with Gasteiger partial charge in [-0.15, -0.1) is 11.6 Å². The highest BCUT2D eigenvalue weighted by molar-refractivity contribution is 6.17. The molecule has 0 unspecified atom stereocenters. The van der Waals surface area contributed by atoms with Crippen molar-refractivity contribution in [3.8, 4) is 5.69 Å². The van der Waals surface area contributed by atoms with Gasteiger partial charge in [0, 0.05) is 19.3 Å². The van der Waals surface area contributed by atoms with E-state index in [-0.39, 0.29) is 5.82 Å². The average Bonchev–Trinajstić information content (AvgIpc) is 2.97. The molecular weight excluding hydrogens is 291 g/mol. The topological polar surface area (TPSA) is 35.6 Å². The number of imidazole rings is 1. The van der Waals surface area contributed by atoms with Gasteiger partial charge in [-0.3, -0.25) is 4.57 Å². The summed E-state index contributed by atoms with van der Waals surface area (Å²) in [5.74, 6) is 1.02. The van der Waals surface area contributed by atoms with Gasteiger partial charge in [-0.2, -0.15) is 5.10 Å². The van der Waals surface area contributed by atoms with Gasteiger partial charge in [0.2, 0.25) is 0 Å². The molecule has 4 nitrogen and oxygen atoms in total. The fraction of sp³-hybridized carbons (Fsp3) is 0.333. The lowest BCUT2D eigenvalue weighted by Gasteiger charge is -2.09. The number of benzene rings is 1. The Morgan fingerprint density at radius 1 is 1.33 bits per heavy atom. The Morgan fingerprint density at radius 3 is 2.81 bits per heavy atom. The molecule has 0 saturated heterocycles. The Balaban J connectivity index is 2.32. The van der Waals surface area contributed by atoms with Crippen LogP contribution in [-0.4, -0.2) is 25.2 Å². The Bertz CT molecular complexity index is 790. The van der Waals surface area contributed by atoms with Crippen molar-refractivity contribution in [2.75, 3.05) is 5.88 Å². The normalized spacial score (nSPS) is 11.4. The zero-order valence-electron chi connectivity index (χ0n) is 12.0. The molecule has 1 aromatic carbocycles. The maximum absolute atomic E-state index is 13.6. The van der Waals surface area contributed by atoms with Crippen LogP contribution in [0.2, 0.25) is 0 Å². The number of hydrogen-bond donors (Lipinski definition) is 0. The highest BCUT2D eigenvalue weighted by Gasteiger charge is 2.19. The molecule has 2 heterocycles. The average molecular weight is 307 g/mol. The fourth-order valence-corrected chi connectivity index (χ4v) is 2.77. The highest BCUT2D eigenvalue weighted by atomic mass is 35.5. The van der Waals surface area contributed by atoms with E-state index in [0.29, 0.717) is 12.3 Å². The molecule has 3 rings (SSSR count). The van der Waals surface area contributed by atoms with Gasteiger partial charge in [-0.1, -0.05) is 13.0 Å². The summed E-state index contributed by atoms with van der Waals surface area (Å²) in [5, 5.41) is 4.48. The van der Waals surface area contributed by atoms with Crippen molar-refractivity contribution in [2.45, 2.75) is 19.8 Å². The first-order valence-corrected chi connectivity index (χ1v) is 7.44. The van der Waals surface area contributed by atoms with Crippen LogP contribution in [0.1, 0.15) is 18.4 Å². The van der Waals surface area contributed by atoms with Crippen LogP contribution in [-0.2, 0) is 19.9 Å². The lowest BCUT2D eigenvalue weighted by atomic mass is 10.3. The van der Waals surface area contributed by atoms with Crippen LogP contribution >= 0.6 is 11.6 Å². The second-order valence-corrected chi connectivity index (χ2v) is 5.26. The number of aromatic nitrogens is 4. The van der Waals surface area contributed by atoms with Crippen molar-refractivity contribution in [1.29, 1.82) is 0 Å². The van der Waals surface area contributed by atoms with E-state index in [1.807, 2.05) is 24.6 Å². The van der Waals surface area contributed by atoms with Crippen LogP contribution in [0.3, 0.4) is 0 Å². The molecular formula is C15H16ClFN4. The lowest BCUT2D eigenvalue weighted by Crippen LogP contribution is -2.06. The van der Waals surface area contributed by atoms with Crippen molar-refractivity contribution in [3.63, 3.8) is 0 Å². The largest absolute Gasteiger partial charge is 0.281 e. The van der Waals surface area contributed by atoms with Crippen LogP contribution in [0.4, 0.5) is 4.39 Å². The Kier molecular flexibility index (Phi) is 3.68. The van der Waals surface area contributed by atoms with Crippen molar-refractivity contribution in [1.82, 2.24) is 19.3 Å². The van der Waals surface area contributed by atoms with E-state index in [2.05, 4.69) is 10.1 Å². The monoisotopic (exact) mass is 306 g/mol. The summed E-state index contributed by atoms with van der Waals surface area (Å²) in [6.45, 7) is 2.05. The third-order valence-electron chi connectivity index (χ3n) is 3.49. The van der Waals surface area contributed by atoms with Gasteiger partial charge >= 0.3 is 0 Å². The zero-order chi connectivity index (χ0) is 15.0. The third kappa shape index (κ3) is 2.31. The first-order valence-electron chi connectivity index (χ1n) is 6.90. The molecule has 0 saturated carbocycles. The van der Waals surface area contributed by atoms with E-state index >= 15 is 0 Å². The van der Waals surface area contributed by atoms with Crippen molar-refractivity contribution < 1.29 is 4.39 Å². The van der Waals surface area contributed by atoms with E-state index in [0.717, 1.165) is 34.8 Å². The zero-order valence-corrected chi connectivity index (χ0v) is 12.7. The number of rotatable bonds is 4. The summed E-state index contributed by atoms with van der Waals surface area (Å²) in [6.07, 6.45) is 1.42. The third-order valence-corrected chi connectivity index (χ3v) is 3.68. The van der Waals surface area contributed by atoms with Crippen LogP contribution in [0.5, 0.6) is 0 Å². The molecule has 0 atom stereocenters. The minimum atomic E-state index is -0.274. The van der Waals surface area contributed by atoms with Crippen LogP contribution in [0.25, 0.3) is 16.9 Å². The van der Waals surface area contributed by atoms with Crippen molar-refractivity contribution >= 4 is 22.8 Å². The lowest BCUT2D eigenvalue weighted by molar-refractivity contribution is 0.626. The Labute approximate surface area is 127 Å². The van der Waals surface area contributed by atoms with Gasteiger partial charge < -0.3 is 0 Å². The molecule has 0 amide bonds. The van der Waals surface area contributed by atoms with Crippen molar-refractivity contribution in [3.05, 3.63) is 41.6 Å². The summed E-state index contributed by atoms with van der Waals surface area (Å²) in [4.78, 5) is 4.67. The minimum Gasteiger partial charge on any atom is -0.281 e. The molecule has 0 bridgehead atoms. The number of halogens is 2. The van der Waals surface area contributed by atoms with Crippen LogP contribution in [0.15, 0.2) is 24.3 Å². The van der Waals surface area contributed by atoms with Gasteiger partial charge in [0.05, 0.1) is 11.4 Å².